The summed E-state index contributed by atoms with van der Waals surface area (Å²) in [6.45, 7) is 2.05. The molecule has 154 valence electrons. The van der Waals surface area contributed by atoms with Gasteiger partial charge in [-0.3, -0.25) is 10.1 Å². The van der Waals surface area contributed by atoms with Crippen molar-refractivity contribution in [1.82, 2.24) is 30.5 Å². The number of halogens is 1. The summed E-state index contributed by atoms with van der Waals surface area (Å²) in [5.41, 5.74) is 6.58. The van der Waals surface area contributed by atoms with E-state index in [1.54, 1.807) is 24.5 Å². The van der Waals surface area contributed by atoms with E-state index in [0.717, 1.165) is 70.5 Å². The van der Waals surface area contributed by atoms with E-state index in [9.17, 15) is 4.39 Å². The van der Waals surface area contributed by atoms with Crippen molar-refractivity contribution >= 4 is 21.9 Å². The molecule has 4 aromatic heterocycles. The number of nitrogens with one attached hydrogen (secondary N) is 3. The van der Waals surface area contributed by atoms with Gasteiger partial charge in [-0.25, -0.2) is 9.37 Å². The van der Waals surface area contributed by atoms with Gasteiger partial charge in [-0.05, 0) is 50.2 Å². The highest BCUT2D eigenvalue weighted by Gasteiger charge is 2.20. The van der Waals surface area contributed by atoms with E-state index in [4.69, 9.17) is 4.98 Å². The number of H-pyrrole nitrogens is 2. The van der Waals surface area contributed by atoms with Crippen LogP contribution < -0.4 is 5.32 Å². The summed E-state index contributed by atoms with van der Waals surface area (Å²) < 4.78 is 14.4. The molecule has 7 heteroatoms. The third-order valence-electron chi connectivity index (χ3n) is 6.15. The van der Waals surface area contributed by atoms with E-state index >= 15 is 0 Å². The number of nitrogens with zero attached hydrogens (tertiary/aromatic N) is 3. The molecule has 0 atom stereocenters. The maximum absolute atomic E-state index is 14.4. The lowest BCUT2D eigenvalue weighted by molar-refractivity contribution is 0.454. The Kier molecular flexibility index (Phi) is 4.28. The van der Waals surface area contributed by atoms with Gasteiger partial charge in [0.15, 0.2) is 0 Å². The van der Waals surface area contributed by atoms with Crippen LogP contribution in [0.1, 0.15) is 24.5 Å². The average molecular weight is 412 g/mol. The standard InChI is InChI=1S/C24H21FN6/c25-18-4-2-1-3-15(18)17-12-27-13-22-16(17)11-21(28-22)24-23-20(30-31-24)6-5-19(29-23)14-7-9-26-10-8-14/h1-6,11-14,26,28H,7-10H2,(H,30,31). The van der Waals surface area contributed by atoms with Crippen molar-refractivity contribution < 1.29 is 4.39 Å². The molecule has 1 aromatic carbocycles. The van der Waals surface area contributed by atoms with Gasteiger partial charge in [0.05, 0.1) is 22.9 Å². The fourth-order valence-corrected chi connectivity index (χ4v) is 4.52. The number of aromatic amines is 2. The molecular weight excluding hydrogens is 391 g/mol. The second-order valence-electron chi connectivity index (χ2n) is 8.04. The van der Waals surface area contributed by atoms with Crippen LogP contribution in [0.5, 0.6) is 0 Å². The van der Waals surface area contributed by atoms with Gasteiger partial charge in [0.2, 0.25) is 0 Å². The zero-order valence-electron chi connectivity index (χ0n) is 16.8. The van der Waals surface area contributed by atoms with Crippen LogP contribution in [0.2, 0.25) is 0 Å². The maximum atomic E-state index is 14.4. The van der Waals surface area contributed by atoms with E-state index in [1.807, 2.05) is 12.1 Å². The van der Waals surface area contributed by atoms with Crippen LogP contribution in [0, 0.1) is 5.82 Å². The monoisotopic (exact) mass is 412 g/mol. The molecule has 0 radical (unpaired) electrons. The number of rotatable bonds is 3. The Morgan fingerprint density at radius 1 is 0.935 bits per heavy atom. The highest BCUT2D eigenvalue weighted by atomic mass is 19.1. The normalized spacial score (nSPS) is 15.1. The summed E-state index contributed by atoms with van der Waals surface area (Å²) in [5.74, 6) is 0.200. The fourth-order valence-electron chi connectivity index (χ4n) is 4.52. The summed E-state index contributed by atoms with van der Waals surface area (Å²) in [6.07, 6.45) is 5.64. The van der Waals surface area contributed by atoms with Crippen molar-refractivity contribution in [2.45, 2.75) is 18.8 Å². The fraction of sp³-hybridized carbons (Fsp3) is 0.208. The number of pyridine rings is 2. The molecule has 1 aliphatic heterocycles. The molecule has 5 aromatic rings. The second-order valence-corrected chi connectivity index (χ2v) is 8.04. The van der Waals surface area contributed by atoms with Crippen molar-refractivity contribution in [3.05, 3.63) is 66.4 Å². The molecule has 0 aliphatic carbocycles. The first-order valence-electron chi connectivity index (χ1n) is 10.6. The topological polar surface area (TPSA) is 82.3 Å². The first kappa shape index (κ1) is 18.2. The first-order valence-corrected chi connectivity index (χ1v) is 10.6. The molecule has 0 bridgehead atoms. The van der Waals surface area contributed by atoms with Gasteiger partial charge in [0.1, 0.15) is 17.0 Å². The minimum Gasteiger partial charge on any atom is -0.352 e. The second kappa shape index (κ2) is 7.28. The minimum absolute atomic E-state index is 0.266. The van der Waals surface area contributed by atoms with Crippen molar-refractivity contribution in [1.29, 1.82) is 0 Å². The van der Waals surface area contributed by atoms with Crippen LogP contribution in [-0.4, -0.2) is 38.2 Å². The molecule has 0 unspecified atom stereocenters. The lowest BCUT2D eigenvalue weighted by Crippen LogP contribution is -2.27. The van der Waals surface area contributed by atoms with Crippen LogP contribution >= 0.6 is 0 Å². The Morgan fingerprint density at radius 2 is 1.81 bits per heavy atom. The number of hydrogen-bond acceptors (Lipinski definition) is 4. The predicted molar refractivity (Wildman–Crippen MR) is 119 cm³/mol. The molecule has 1 saturated heterocycles. The smallest absolute Gasteiger partial charge is 0.135 e. The summed E-state index contributed by atoms with van der Waals surface area (Å²) in [4.78, 5) is 12.7. The van der Waals surface area contributed by atoms with Gasteiger partial charge < -0.3 is 10.3 Å². The third kappa shape index (κ3) is 3.09. The number of benzene rings is 1. The Bertz CT molecular complexity index is 1400. The van der Waals surface area contributed by atoms with Gasteiger partial charge >= 0.3 is 0 Å². The van der Waals surface area contributed by atoms with Crippen LogP contribution in [-0.2, 0) is 0 Å². The average Bonchev–Trinajstić information content (AvgIpc) is 3.43. The Labute approximate surface area is 177 Å². The molecule has 1 fully saturated rings. The van der Waals surface area contributed by atoms with E-state index in [-0.39, 0.29) is 5.82 Å². The van der Waals surface area contributed by atoms with Crippen molar-refractivity contribution in [2.75, 3.05) is 13.1 Å². The van der Waals surface area contributed by atoms with E-state index in [2.05, 4.69) is 37.6 Å². The quantitative estimate of drug-likeness (QED) is 0.399. The molecule has 1 aliphatic rings. The summed E-state index contributed by atoms with van der Waals surface area (Å²) in [5, 5.41) is 11.9. The molecule has 31 heavy (non-hydrogen) atoms. The number of piperidine rings is 1. The number of hydrogen-bond donors (Lipinski definition) is 3. The molecule has 3 N–H and O–H groups in total. The molecule has 5 heterocycles. The van der Waals surface area contributed by atoms with Crippen LogP contribution in [0.4, 0.5) is 4.39 Å². The van der Waals surface area contributed by atoms with E-state index in [1.165, 1.54) is 6.07 Å². The summed E-state index contributed by atoms with van der Waals surface area (Å²) >= 11 is 0. The van der Waals surface area contributed by atoms with Crippen LogP contribution in [0.3, 0.4) is 0 Å². The van der Waals surface area contributed by atoms with Gasteiger partial charge in [-0.1, -0.05) is 18.2 Å². The first-order chi connectivity index (χ1) is 15.3. The zero-order valence-corrected chi connectivity index (χ0v) is 16.8. The van der Waals surface area contributed by atoms with E-state index in [0.29, 0.717) is 11.5 Å². The summed E-state index contributed by atoms with van der Waals surface area (Å²) in [7, 11) is 0. The lowest BCUT2D eigenvalue weighted by Gasteiger charge is -2.22. The predicted octanol–water partition coefficient (Wildman–Crippen LogP) is 4.77. The third-order valence-corrected chi connectivity index (χ3v) is 6.15. The van der Waals surface area contributed by atoms with Crippen molar-refractivity contribution in [2.24, 2.45) is 0 Å². The Hall–Kier alpha value is -3.58. The van der Waals surface area contributed by atoms with Gasteiger partial charge in [-0.2, -0.15) is 5.10 Å². The SMILES string of the molecule is Fc1ccccc1-c1cncc2[nH]c(-c3n[nH]c4ccc(C5CCNCC5)nc34)cc12. The summed E-state index contributed by atoms with van der Waals surface area (Å²) in [6, 6.07) is 12.9. The van der Waals surface area contributed by atoms with Crippen molar-refractivity contribution in [3.8, 4) is 22.5 Å². The highest BCUT2D eigenvalue weighted by molar-refractivity contribution is 5.99. The number of fused-ring (bicyclic) bond motifs is 2. The highest BCUT2D eigenvalue weighted by Crippen LogP contribution is 2.34. The molecule has 0 spiro atoms. The minimum atomic E-state index is -0.266. The largest absolute Gasteiger partial charge is 0.352 e. The number of aromatic nitrogens is 5. The van der Waals surface area contributed by atoms with E-state index < -0.39 is 0 Å². The van der Waals surface area contributed by atoms with Gasteiger partial charge in [-0.15, -0.1) is 0 Å². The van der Waals surface area contributed by atoms with Crippen molar-refractivity contribution in [3.63, 3.8) is 0 Å². The Balaban J connectivity index is 1.48. The molecule has 6 rings (SSSR count). The van der Waals surface area contributed by atoms with Gasteiger partial charge in [0.25, 0.3) is 0 Å². The molecular formula is C24H21FN6. The Morgan fingerprint density at radius 3 is 2.68 bits per heavy atom. The molecule has 0 saturated carbocycles. The van der Waals surface area contributed by atoms with Crippen LogP contribution in [0.15, 0.2) is 54.9 Å². The molecule has 0 amide bonds. The maximum Gasteiger partial charge on any atom is 0.135 e. The lowest BCUT2D eigenvalue weighted by atomic mass is 9.94. The molecule has 6 nitrogen and oxygen atoms in total. The van der Waals surface area contributed by atoms with Crippen LogP contribution in [0.25, 0.3) is 44.5 Å². The zero-order chi connectivity index (χ0) is 20.8. The van der Waals surface area contributed by atoms with Gasteiger partial charge in [0, 0.05) is 34.3 Å².